The molecule has 0 bridgehead atoms. The van der Waals surface area contributed by atoms with Crippen molar-refractivity contribution in [2.45, 2.75) is 51.2 Å². The smallest absolute Gasteiger partial charge is 0.326 e. The molecule has 0 spiro atoms. The van der Waals surface area contributed by atoms with Gasteiger partial charge in [-0.2, -0.15) is 0 Å². The molecule has 0 aliphatic rings. The normalized spacial score (nSPS) is 14.4. The highest BCUT2D eigenvalue weighted by Crippen LogP contribution is 2.18. The number of fused-ring (bicyclic) bond motifs is 1. The van der Waals surface area contributed by atoms with Crippen molar-refractivity contribution in [2.75, 3.05) is 6.54 Å². The van der Waals surface area contributed by atoms with Gasteiger partial charge in [-0.1, -0.05) is 38.5 Å². The predicted molar refractivity (Wildman–Crippen MR) is 128 cm³/mol. The molecule has 1 heterocycles. The number of nitrogens with two attached hydrogens (primary N) is 2. The van der Waals surface area contributed by atoms with Crippen LogP contribution >= 0.6 is 0 Å². The summed E-state index contributed by atoms with van der Waals surface area (Å²) < 4.78 is 0. The number of rotatable bonds is 13. The van der Waals surface area contributed by atoms with Crippen LogP contribution in [-0.2, 0) is 30.4 Å². The Hall–Kier alpha value is -3.93. The maximum absolute atomic E-state index is 12.7. The third-order valence-corrected chi connectivity index (χ3v) is 5.71. The van der Waals surface area contributed by atoms with E-state index in [-0.39, 0.29) is 12.3 Å². The second-order valence-electron chi connectivity index (χ2n) is 8.39. The molecule has 1 aromatic heterocycles. The highest BCUT2D eigenvalue weighted by atomic mass is 16.4. The van der Waals surface area contributed by atoms with Gasteiger partial charge >= 0.3 is 5.97 Å². The van der Waals surface area contributed by atoms with Crippen molar-refractivity contribution in [3.63, 3.8) is 0 Å². The highest BCUT2D eigenvalue weighted by Gasteiger charge is 2.30. The highest BCUT2D eigenvalue weighted by molar-refractivity contribution is 5.94. The Morgan fingerprint density at radius 3 is 2.40 bits per heavy atom. The van der Waals surface area contributed by atoms with E-state index in [1.54, 1.807) is 20.0 Å². The first kappa shape index (κ1) is 27.3. The molecule has 0 saturated heterocycles. The number of hydrogen-bond acceptors (Lipinski definition) is 6. The van der Waals surface area contributed by atoms with E-state index in [0.29, 0.717) is 6.42 Å². The Morgan fingerprint density at radius 1 is 1.09 bits per heavy atom. The molecule has 2 rings (SSSR count). The first-order valence-electron chi connectivity index (χ1n) is 11.2. The molecular weight excluding hydrogens is 456 g/mol. The van der Waals surface area contributed by atoms with Crippen LogP contribution in [0.3, 0.4) is 0 Å². The van der Waals surface area contributed by atoms with E-state index in [1.807, 2.05) is 24.3 Å². The molecule has 0 aliphatic heterocycles. The van der Waals surface area contributed by atoms with Crippen LogP contribution in [0.2, 0.25) is 0 Å². The lowest BCUT2D eigenvalue weighted by Gasteiger charge is -2.25. The van der Waals surface area contributed by atoms with Gasteiger partial charge in [0.15, 0.2) is 0 Å². The van der Waals surface area contributed by atoms with Crippen molar-refractivity contribution in [2.24, 2.45) is 17.4 Å². The lowest BCUT2D eigenvalue weighted by Crippen LogP contribution is -2.56. The number of aromatic amines is 1. The molecule has 0 aliphatic carbocycles. The van der Waals surface area contributed by atoms with E-state index in [4.69, 9.17) is 11.5 Å². The van der Waals surface area contributed by atoms with Crippen LogP contribution in [0.15, 0.2) is 30.5 Å². The van der Waals surface area contributed by atoms with Crippen molar-refractivity contribution in [3.05, 3.63) is 36.0 Å². The molecule has 0 saturated carbocycles. The fourth-order valence-corrected chi connectivity index (χ4v) is 3.52. The summed E-state index contributed by atoms with van der Waals surface area (Å²) in [5.41, 5.74) is 12.8. The van der Waals surface area contributed by atoms with E-state index in [9.17, 15) is 29.1 Å². The van der Waals surface area contributed by atoms with Crippen molar-refractivity contribution in [1.82, 2.24) is 20.9 Å². The average molecular weight is 489 g/mol. The minimum absolute atomic E-state index is 0.256. The molecule has 0 fully saturated rings. The van der Waals surface area contributed by atoms with E-state index in [2.05, 4.69) is 20.9 Å². The molecule has 4 unspecified atom stereocenters. The lowest BCUT2D eigenvalue weighted by molar-refractivity contribution is -0.144. The standard InChI is InChI=1S/C23H32N6O6/c1-3-12(2)20(22(33)28-17(23(34)35)9-18(25)30)29-19(31)11-27-21(32)15(24)8-13-10-26-16-7-5-4-6-14(13)16/h4-7,10,12,15,17,20,26H,3,8-9,11,24H2,1-2H3,(H2,25,30)(H,27,32)(H,28,33)(H,29,31)(H,34,35). The lowest BCUT2D eigenvalue weighted by atomic mass is 9.97. The minimum atomic E-state index is -1.52. The topological polar surface area (TPSA) is 209 Å². The molecule has 12 nitrogen and oxygen atoms in total. The fraction of sp³-hybridized carbons (Fsp3) is 0.435. The second-order valence-corrected chi connectivity index (χ2v) is 8.39. The van der Waals surface area contributed by atoms with Gasteiger partial charge in [0.25, 0.3) is 0 Å². The summed E-state index contributed by atoms with van der Waals surface area (Å²) in [6.45, 7) is 3.06. The number of aromatic nitrogens is 1. The number of hydrogen-bond donors (Lipinski definition) is 7. The van der Waals surface area contributed by atoms with Crippen molar-refractivity contribution in [1.29, 1.82) is 0 Å². The summed E-state index contributed by atoms with van der Waals surface area (Å²) in [7, 11) is 0. The van der Waals surface area contributed by atoms with Gasteiger partial charge in [0.05, 0.1) is 19.0 Å². The third kappa shape index (κ3) is 7.81. The van der Waals surface area contributed by atoms with Crippen molar-refractivity contribution in [3.8, 4) is 0 Å². The van der Waals surface area contributed by atoms with E-state index < -0.39 is 60.7 Å². The molecule has 35 heavy (non-hydrogen) atoms. The number of para-hydroxylation sites is 1. The number of carbonyl (C=O) groups excluding carboxylic acids is 4. The number of nitrogens with one attached hydrogen (secondary N) is 4. The predicted octanol–water partition coefficient (Wildman–Crippen LogP) is -0.870. The van der Waals surface area contributed by atoms with E-state index >= 15 is 0 Å². The number of H-pyrrole nitrogens is 1. The Bertz CT molecular complexity index is 1080. The molecule has 1 aromatic carbocycles. The SMILES string of the molecule is CCC(C)C(NC(=O)CNC(=O)C(N)Cc1c[nH]c2ccccc12)C(=O)NC(CC(N)=O)C(=O)O. The average Bonchev–Trinajstić information content (AvgIpc) is 3.22. The van der Waals surface area contributed by atoms with Crippen LogP contribution in [-0.4, -0.2) is 64.4 Å². The summed E-state index contributed by atoms with van der Waals surface area (Å²) in [6.07, 6.45) is 1.94. The second kappa shape index (κ2) is 12.5. The summed E-state index contributed by atoms with van der Waals surface area (Å²) in [5, 5.41) is 17.3. The number of benzene rings is 1. The van der Waals surface area contributed by atoms with Crippen LogP contribution in [0.1, 0.15) is 32.3 Å². The monoisotopic (exact) mass is 488 g/mol. The van der Waals surface area contributed by atoms with Gasteiger partial charge in [-0.15, -0.1) is 0 Å². The molecule has 2 aromatic rings. The number of carbonyl (C=O) groups is 5. The Morgan fingerprint density at radius 2 is 1.77 bits per heavy atom. The fourth-order valence-electron chi connectivity index (χ4n) is 3.52. The summed E-state index contributed by atoms with van der Waals surface area (Å²) in [5.74, 6) is -4.65. The molecule has 9 N–H and O–H groups in total. The quantitative estimate of drug-likeness (QED) is 0.189. The third-order valence-electron chi connectivity index (χ3n) is 5.71. The van der Waals surface area contributed by atoms with Crippen molar-refractivity contribution >= 4 is 40.5 Å². The minimum Gasteiger partial charge on any atom is -0.480 e. The molecule has 0 radical (unpaired) electrons. The zero-order valence-corrected chi connectivity index (χ0v) is 19.7. The zero-order valence-electron chi connectivity index (χ0n) is 19.7. The molecule has 4 atom stereocenters. The largest absolute Gasteiger partial charge is 0.480 e. The number of carboxylic acid groups (broad SMARTS) is 1. The Labute approximate surface area is 202 Å². The van der Waals surface area contributed by atoms with Gasteiger partial charge < -0.3 is 37.5 Å². The summed E-state index contributed by atoms with van der Waals surface area (Å²) in [6, 6.07) is 4.08. The summed E-state index contributed by atoms with van der Waals surface area (Å²) >= 11 is 0. The maximum Gasteiger partial charge on any atom is 0.326 e. The van der Waals surface area contributed by atoms with Crippen LogP contribution in [0.25, 0.3) is 10.9 Å². The molecule has 4 amide bonds. The number of amides is 4. The summed E-state index contributed by atoms with van der Waals surface area (Å²) in [4.78, 5) is 63.0. The van der Waals surface area contributed by atoms with Crippen LogP contribution < -0.4 is 27.4 Å². The number of aliphatic carboxylic acids is 1. The molecule has 190 valence electrons. The molecular formula is C23H32N6O6. The first-order chi connectivity index (χ1) is 16.5. The van der Waals surface area contributed by atoms with Gasteiger partial charge in [0.2, 0.25) is 23.6 Å². The van der Waals surface area contributed by atoms with Gasteiger partial charge in [0, 0.05) is 17.1 Å². The Balaban J connectivity index is 1.94. The maximum atomic E-state index is 12.7. The zero-order chi connectivity index (χ0) is 26.1. The van der Waals surface area contributed by atoms with Crippen LogP contribution in [0.4, 0.5) is 0 Å². The Kier molecular flexibility index (Phi) is 9.76. The van der Waals surface area contributed by atoms with Gasteiger partial charge in [-0.25, -0.2) is 4.79 Å². The number of primary amides is 1. The van der Waals surface area contributed by atoms with E-state index in [0.717, 1.165) is 16.5 Å². The van der Waals surface area contributed by atoms with E-state index in [1.165, 1.54) is 0 Å². The molecule has 12 heteroatoms. The van der Waals surface area contributed by atoms with Crippen LogP contribution in [0, 0.1) is 5.92 Å². The van der Waals surface area contributed by atoms with Gasteiger partial charge in [-0.3, -0.25) is 19.2 Å². The van der Waals surface area contributed by atoms with Crippen molar-refractivity contribution < 1.29 is 29.1 Å². The van der Waals surface area contributed by atoms with Gasteiger partial charge in [0.1, 0.15) is 12.1 Å². The van der Waals surface area contributed by atoms with Gasteiger partial charge in [-0.05, 0) is 24.0 Å². The first-order valence-corrected chi connectivity index (χ1v) is 11.2. The number of carboxylic acids is 1. The van der Waals surface area contributed by atoms with Crippen LogP contribution in [0.5, 0.6) is 0 Å².